The lowest BCUT2D eigenvalue weighted by molar-refractivity contribution is -0.133. The quantitative estimate of drug-likeness (QED) is 0.819. The predicted molar refractivity (Wildman–Crippen MR) is 96.6 cm³/mol. The number of benzene rings is 1. The van der Waals surface area contributed by atoms with Gasteiger partial charge in [-0.15, -0.1) is 0 Å². The zero-order valence-electron chi connectivity index (χ0n) is 15.0. The molecule has 0 bridgehead atoms. The van der Waals surface area contributed by atoms with E-state index < -0.39 is 23.2 Å². The lowest BCUT2D eigenvalue weighted by Crippen LogP contribution is -2.47. The molecule has 0 unspecified atom stereocenters. The summed E-state index contributed by atoms with van der Waals surface area (Å²) in [7, 11) is 0. The molecule has 1 N–H and O–H groups in total. The van der Waals surface area contributed by atoms with Crippen LogP contribution in [0.15, 0.2) is 27.8 Å². The van der Waals surface area contributed by atoms with Crippen molar-refractivity contribution >= 4 is 22.9 Å². The molecular formula is C18H19FN4O5. The number of carbonyl (C=O) groups excluding carboxylic acids is 2. The smallest absolute Gasteiger partial charge is 0.410 e. The average molecular weight is 390 g/mol. The van der Waals surface area contributed by atoms with Gasteiger partial charge in [0, 0.05) is 19.1 Å². The summed E-state index contributed by atoms with van der Waals surface area (Å²) in [5.41, 5.74) is -0.797. The number of amides is 2. The summed E-state index contributed by atoms with van der Waals surface area (Å²) in [6.07, 6.45) is 0.338. The molecule has 148 valence electrons. The minimum absolute atomic E-state index is 0.0424. The molecule has 3 heterocycles. The maximum absolute atomic E-state index is 13.5. The van der Waals surface area contributed by atoms with E-state index in [1.54, 1.807) is 4.90 Å². The first-order chi connectivity index (χ1) is 13.4. The Morgan fingerprint density at radius 2 is 1.93 bits per heavy atom. The van der Waals surface area contributed by atoms with Crippen LogP contribution in [0, 0.1) is 5.82 Å². The van der Waals surface area contributed by atoms with E-state index in [9.17, 15) is 23.6 Å². The van der Waals surface area contributed by atoms with Crippen LogP contribution in [0.3, 0.4) is 0 Å². The van der Waals surface area contributed by atoms with Gasteiger partial charge in [0.05, 0.1) is 17.4 Å². The molecule has 0 saturated carbocycles. The highest BCUT2D eigenvalue weighted by molar-refractivity contribution is 5.83. The van der Waals surface area contributed by atoms with Crippen molar-refractivity contribution in [1.82, 2.24) is 19.4 Å². The SMILES string of the molecule is O=C(CN1CCOC1=O)N1CCC(n2c(=O)[nH]c3ccc(F)cc3c2=O)CC1. The molecule has 0 aliphatic carbocycles. The van der Waals surface area contributed by atoms with E-state index in [1.807, 2.05) is 0 Å². The second-order valence-corrected chi connectivity index (χ2v) is 6.94. The van der Waals surface area contributed by atoms with E-state index in [0.717, 1.165) is 10.6 Å². The lowest BCUT2D eigenvalue weighted by atomic mass is 10.0. The van der Waals surface area contributed by atoms with Crippen LogP contribution in [0.2, 0.25) is 0 Å². The van der Waals surface area contributed by atoms with Crippen LogP contribution in [0.25, 0.3) is 10.9 Å². The van der Waals surface area contributed by atoms with Crippen LogP contribution in [0.4, 0.5) is 9.18 Å². The largest absolute Gasteiger partial charge is 0.448 e. The van der Waals surface area contributed by atoms with Crippen LogP contribution < -0.4 is 11.2 Å². The van der Waals surface area contributed by atoms with Crippen molar-refractivity contribution in [2.24, 2.45) is 0 Å². The lowest BCUT2D eigenvalue weighted by Gasteiger charge is -2.33. The molecule has 1 aromatic carbocycles. The van der Waals surface area contributed by atoms with Gasteiger partial charge in [-0.3, -0.25) is 19.1 Å². The number of rotatable bonds is 3. The molecule has 4 rings (SSSR count). The molecule has 0 spiro atoms. The van der Waals surface area contributed by atoms with Crippen molar-refractivity contribution in [3.63, 3.8) is 0 Å². The van der Waals surface area contributed by atoms with E-state index in [2.05, 4.69) is 4.98 Å². The third-order valence-corrected chi connectivity index (χ3v) is 5.24. The first-order valence-electron chi connectivity index (χ1n) is 9.07. The van der Waals surface area contributed by atoms with Crippen molar-refractivity contribution < 1.29 is 18.7 Å². The molecule has 10 heteroatoms. The maximum atomic E-state index is 13.5. The topological polar surface area (TPSA) is 105 Å². The highest BCUT2D eigenvalue weighted by Crippen LogP contribution is 2.21. The van der Waals surface area contributed by atoms with Crippen molar-refractivity contribution in [3.05, 3.63) is 44.9 Å². The van der Waals surface area contributed by atoms with Crippen molar-refractivity contribution in [2.75, 3.05) is 32.8 Å². The monoisotopic (exact) mass is 390 g/mol. The molecule has 2 amide bonds. The number of hydrogen-bond donors (Lipinski definition) is 1. The number of nitrogens with zero attached hydrogens (tertiary/aromatic N) is 3. The molecule has 2 aliphatic rings. The third kappa shape index (κ3) is 3.25. The zero-order valence-corrected chi connectivity index (χ0v) is 15.0. The zero-order chi connectivity index (χ0) is 19.8. The van der Waals surface area contributed by atoms with Gasteiger partial charge in [0.2, 0.25) is 5.91 Å². The van der Waals surface area contributed by atoms with Gasteiger partial charge in [0.25, 0.3) is 5.56 Å². The second kappa shape index (κ2) is 7.10. The number of aromatic nitrogens is 2. The average Bonchev–Trinajstić information content (AvgIpc) is 3.07. The van der Waals surface area contributed by atoms with Gasteiger partial charge < -0.3 is 14.6 Å². The van der Waals surface area contributed by atoms with E-state index >= 15 is 0 Å². The molecule has 2 saturated heterocycles. The van der Waals surface area contributed by atoms with Gasteiger partial charge in [0.15, 0.2) is 0 Å². The number of aromatic amines is 1. The number of halogens is 1. The van der Waals surface area contributed by atoms with Gasteiger partial charge in [-0.05, 0) is 31.0 Å². The molecule has 2 aliphatic heterocycles. The number of H-pyrrole nitrogens is 1. The van der Waals surface area contributed by atoms with Crippen molar-refractivity contribution in [3.8, 4) is 0 Å². The number of nitrogens with one attached hydrogen (secondary N) is 1. The van der Waals surface area contributed by atoms with Crippen molar-refractivity contribution in [2.45, 2.75) is 18.9 Å². The number of fused-ring (bicyclic) bond motifs is 1. The Balaban J connectivity index is 1.49. The Kier molecular flexibility index (Phi) is 4.62. The molecule has 0 atom stereocenters. The van der Waals surface area contributed by atoms with Gasteiger partial charge in [-0.25, -0.2) is 14.0 Å². The van der Waals surface area contributed by atoms with Crippen molar-refractivity contribution in [1.29, 1.82) is 0 Å². The summed E-state index contributed by atoms with van der Waals surface area (Å²) in [6.45, 7) is 1.35. The fourth-order valence-corrected chi connectivity index (χ4v) is 3.74. The number of piperidine rings is 1. The van der Waals surface area contributed by atoms with Crippen LogP contribution in [-0.4, -0.2) is 64.1 Å². The Morgan fingerprint density at radius 3 is 2.61 bits per heavy atom. The van der Waals surface area contributed by atoms with Crippen LogP contribution >= 0.6 is 0 Å². The Hall–Kier alpha value is -3.17. The van der Waals surface area contributed by atoms with Gasteiger partial charge in [0.1, 0.15) is 19.0 Å². The molecule has 2 aromatic rings. The summed E-state index contributed by atoms with van der Waals surface area (Å²) in [5.74, 6) is -0.747. The normalized spacial score (nSPS) is 18.0. The summed E-state index contributed by atoms with van der Waals surface area (Å²) in [6, 6.07) is 3.27. The fraction of sp³-hybridized carbons (Fsp3) is 0.444. The number of carbonyl (C=O) groups is 2. The summed E-state index contributed by atoms with van der Waals surface area (Å²) < 4.78 is 19.4. The summed E-state index contributed by atoms with van der Waals surface area (Å²) in [4.78, 5) is 54.5. The van der Waals surface area contributed by atoms with Gasteiger partial charge in [-0.2, -0.15) is 0 Å². The van der Waals surface area contributed by atoms with E-state index in [-0.39, 0.29) is 36.0 Å². The van der Waals surface area contributed by atoms with Crippen LogP contribution in [-0.2, 0) is 9.53 Å². The van der Waals surface area contributed by atoms with Crippen LogP contribution in [0.5, 0.6) is 0 Å². The van der Waals surface area contributed by atoms with E-state index in [0.29, 0.717) is 32.5 Å². The fourth-order valence-electron chi connectivity index (χ4n) is 3.74. The standard InChI is InChI=1S/C18H19FN4O5/c19-11-1-2-14-13(9-11)16(25)23(17(26)20-14)12-3-5-21(6-4-12)15(24)10-22-7-8-28-18(22)27/h1-2,9,12H,3-8,10H2,(H,20,26). The van der Waals surface area contributed by atoms with E-state index in [4.69, 9.17) is 4.74 Å². The highest BCUT2D eigenvalue weighted by Gasteiger charge is 2.30. The number of hydrogen-bond acceptors (Lipinski definition) is 5. The summed E-state index contributed by atoms with van der Waals surface area (Å²) in [5, 5.41) is 0.116. The predicted octanol–water partition coefficient (Wildman–Crippen LogP) is 0.445. The molecular weight excluding hydrogens is 371 g/mol. The Bertz CT molecular complexity index is 1050. The van der Waals surface area contributed by atoms with E-state index in [1.165, 1.54) is 17.0 Å². The first-order valence-corrected chi connectivity index (χ1v) is 9.07. The minimum Gasteiger partial charge on any atom is -0.448 e. The number of cyclic esters (lactones) is 1. The van der Waals surface area contributed by atoms with Crippen LogP contribution in [0.1, 0.15) is 18.9 Å². The highest BCUT2D eigenvalue weighted by atomic mass is 19.1. The first kappa shape index (κ1) is 18.2. The second-order valence-electron chi connectivity index (χ2n) is 6.94. The molecule has 2 fully saturated rings. The van der Waals surface area contributed by atoms with Gasteiger partial charge in [-0.1, -0.05) is 0 Å². The Labute approximate surface area is 158 Å². The summed E-state index contributed by atoms with van der Waals surface area (Å²) >= 11 is 0. The number of likely N-dealkylation sites (tertiary alicyclic amines) is 1. The Morgan fingerprint density at radius 1 is 1.18 bits per heavy atom. The molecule has 28 heavy (non-hydrogen) atoms. The maximum Gasteiger partial charge on any atom is 0.410 e. The minimum atomic E-state index is -0.552. The number of ether oxygens (including phenoxy) is 1. The third-order valence-electron chi connectivity index (χ3n) is 5.24. The molecule has 0 radical (unpaired) electrons. The molecule has 1 aromatic heterocycles. The molecule has 9 nitrogen and oxygen atoms in total. The van der Waals surface area contributed by atoms with Gasteiger partial charge >= 0.3 is 11.8 Å².